The molecular formula is C14H15BrN4O4. The van der Waals surface area contributed by atoms with Crippen LogP contribution in [0.3, 0.4) is 0 Å². The van der Waals surface area contributed by atoms with E-state index in [9.17, 15) is 14.4 Å². The zero-order chi connectivity index (χ0) is 16.8. The van der Waals surface area contributed by atoms with Gasteiger partial charge < -0.3 is 15.8 Å². The molecule has 1 aromatic carbocycles. The Bertz CT molecular complexity index is 658. The van der Waals surface area contributed by atoms with Gasteiger partial charge in [-0.2, -0.15) is 5.10 Å². The van der Waals surface area contributed by atoms with Crippen molar-refractivity contribution in [1.29, 1.82) is 0 Å². The maximum atomic E-state index is 11.5. The van der Waals surface area contributed by atoms with E-state index < -0.39 is 17.7 Å². The van der Waals surface area contributed by atoms with Crippen LogP contribution in [0.4, 0.5) is 0 Å². The molecule has 8 nitrogen and oxygen atoms in total. The molecule has 9 heteroatoms. The van der Waals surface area contributed by atoms with E-state index in [1.807, 2.05) is 0 Å². The molecule has 0 aliphatic heterocycles. The minimum Gasteiger partial charge on any atom is -0.483 e. The topological polar surface area (TPSA) is 123 Å². The lowest BCUT2D eigenvalue weighted by Crippen LogP contribution is -2.38. The molecule has 1 saturated carbocycles. The first-order valence-corrected chi connectivity index (χ1v) is 7.59. The fraction of sp³-hybridized carbons (Fsp3) is 0.286. The molecule has 0 heterocycles. The number of hydrogen-bond donors (Lipinski definition) is 3. The summed E-state index contributed by atoms with van der Waals surface area (Å²) in [5.41, 5.74) is 7.66. The third-order valence-electron chi connectivity index (χ3n) is 2.83. The normalized spacial score (nSPS) is 13.6. The van der Waals surface area contributed by atoms with Crippen LogP contribution in [0.15, 0.2) is 27.8 Å². The summed E-state index contributed by atoms with van der Waals surface area (Å²) in [6, 6.07) is 5.11. The van der Waals surface area contributed by atoms with Crippen LogP contribution in [0.2, 0.25) is 0 Å². The first-order chi connectivity index (χ1) is 11.0. The van der Waals surface area contributed by atoms with E-state index in [1.165, 1.54) is 6.21 Å². The molecule has 1 aliphatic rings. The van der Waals surface area contributed by atoms with E-state index >= 15 is 0 Å². The predicted molar refractivity (Wildman–Crippen MR) is 85.7 cm³/mol. The smallest absolute Gasteiger partial charge is 0.329 e. The number of halogens is 1. The summed E-state index contributed by atoms with van der Waals surface area (Å²) < 4.78 is 5.99. The van der Waals surface area contributed by atoms with Gasteiger partial charge in [0.25, 0.3) is 5.91 Å². The van der Waals surface area contributed by atoms with Gasteiger partial charge in [-0.3, -0.25) is 14.4 Å². The second kappa shape index (κ2) is 7.73. The molecule has 122 valence electrons. The molecule has 1 fully saturated rings. The van der Waals surface area contributed by atoms with Crippen molar-refractivity contribution in [3.8, 4) is 5.75 Å². The predicted octanol–water partition coefficient (Wildman–Crippen LogP) is 0.0419. The molecule has 0 saturated heterocycles. The second-order valence-electron chi connectivity index (χ2n) is 4.88. The van der Waals surface area contributed by atoms with Crippen LogP contribution < -0.4 is 21.2 Å². The zero-order valence-electron chi connectivity index (χ0n) is 12.0. The molecule has 0 radical (unpaired) electrons. The number of rotatable bonds is 6. The zero-order valence-corrected chi connectivity index (χ0v) is 13.6. The number of hydrazone groups is 1. The maximum Gasteiger partial charge on any atom is 0.329 e. The quantitative estimate of drug-likeness (QED) is 0.365. The molecule has 0 bridgehead atoms. The van der Waals surface area contributed by atoms with Crippen LogP contribution in [0.5, 0.6) is 5.75 Å². The number of nitrogens with two attached hydrogens (primary N) is 1. The highest BCUT2D eigenvalue weighted by atomic mass is 79.9. The lowest BCUT2D eigenvalue weighted by Gasteiger charge is -2.07. The lowest BCUT2D eigenvalue weighted by molar-refractivity contribution is -0.139. The SMILES string of the molecule is NC(=O)COc1ccc(Br)cc1/C=N\NC(=O)C(=O)NC1CC1. The summed E-state index contributed by atoms with van der Waals surface area (Å²) >= 11 is 3.29. The number of nitrogens with one attached hydrogen (secondary N) is 2. The molecule has 2 rings (SSSR count). The first-order valence-electron chi connectivity index (χ1n) is 6.80. The number of carbonyl (C=O) groups is 3. The Labute approximate surface area is 140 Å². The minimum atomic E-state index is -0.845. The molecule has 1 aromatic rings. The van der Waals surface area contributed by atoms with Gasteiger partial charge in [0.05, 0.1) is 6.21 Å². The Kier molecular flexibility index (Phi) is 5.69. The van der Waals surface area contributed by atoms with Crippen molar-refractivity contribution in [3.63, 3.8) is 0 Å². The van der Waals surface area contributed by atoms with Gasteiger partial charge in [0, 0.05) is 16.1 Å². The molecule has 3 amide bonds. The Morgan fingerprint density at radius 2 is 2.09 bits per heavy atom. The van der Waals surface area contributed by atoms with Gasteiger partial charge in [-0.1, -0.05) is 15.9 Å². The average molecular weight is 383 g/mol. The van der Waals surface area contributed by atoms with E-state index in [0.717, 1.165) is 17.3 Å². The summed E-state index contributed by atoms with van der Waals surface area (Å²) in [5, 5.41) is 6.26. The number of primary amides is 1. The number of ether oxygens (including phenoxy) is 1. The number of benzene rings is 1. The standard InChI is InChI=1S/C14H15BrN4O4/c15-9-1-4-11(23-7-12(16)20)8(5-9)6-17-19-14(22)13(21)18-10-2-3-10/h1,4-6,10H,2-3,7H2,(H2,16,20)(H,18,21)(H,19,22)/b17-6-. The molecule has 0 atom stereocenters. The third-order valence-corrected chi connectivity index (χ3v) is 3.32. The molecular weight excluding hydrogens is 368 g/mol. The number of amides is 3. The van der Waals surface area contributed by atoms with Gasteiger partial charge in [-0.05, 0) is 31.0 Å². The van der Waals surface area contributed by atoms with E-state index in [2.05, 4.69) is 31.8 Å². The largest absolute Gasteiger partial charge is 0.483 e. The highest BCUT2D eigenvalue weighted by molar-refractivity contribution is 9.10. The van der Waals surface area contributed by atoms with Crippen molar-refractivity contribution in [2.24, 2.45) is 10.8 Å². The Morgan fingerprint density at radius 3 is 2.74 bits per heavy atom. The van der Waals surface area contributed by atoms with Gasteiger partial charge in [-0.15, -0.1) is 0 Å². The molecule has 4 N–H and O–H groups in total. The number of nitrogens with zero attached hydrogens (tertiary/aromatic N) is 1. The first kappa shape index (κ1) is 16.9. The minimum absolute atomic E-state index is 0.0936. The van der Waals surface area contributed by atoms with Gasteiger partial charge in [0.1, 0.15) is 5.75 Å². The third kappa shape index (κ3) is 5.70. The lowest BCUT2D eigenvalue weighted by atomic mass is 10.2. The molecule has 0 aromatic heterocycles. The number of carbonyl (C=O) groups excluding carboxylic acids is 3. The van der Waals surface area contributed by atoms with Crippen LogP contribution in [0.1, 0.15) is 18.4 Å². The van der Waals surface area contributed by atoms with Gasteiger partial charge in [0.15, 0.2) is 6.61 Å². The van der Waals surface area contributed by atoms with Crippen molar-refractivity contribution in [3.05, 3.63) is 28.2 Å². The summed E-state index contributed by atoms with van der Waals surface area (Å²) in [7, 11) is 0. The van der Waals surface area contributed by atoms with Gasteiger partial charge in [0.2, 0.25) is 0 Å². The van der Waals surface area contributed by atoms with Crippen LogP contribution in [-0.2, 0) is 14.4 Å². The fourth-order valence-electron chi connectivity index (χ4n) is 1.59. The van der Waals surface area contributed by atoms with E-state index in [1.54, 1.807) is 18.2 Å². The highest BCUT2D eigenvalue weighted by Gasteiger charge is 2.26. The van der Waals surface area contributed by atoms with Gasteiger partial charge in [-0.25, -0.2) is 5.43 Å². The Morgan fingerprint density at radius 1 is 1.35 bits per heavy atom. The van der Waals surface area contributed by atoms with Crippen molar-refractivity contribution in [2.45, 2.75) is 18.9 Å². The van der Waals surface area contributed by atoms with Crippen LogP contribution in [0, 0.1) is 0 Å². The van der Waals surface area contributed by atoms with Gasteiger partial charge >= 0.3 is 11.8 Å². The summed E-state index contributed by atoms with van der Waals surface area (Å²) in [6.45, 7) is -0.279. The van der Waals surface area contributed by atoms with E-state index in [0.29, 0.717) is 11.3 Å². The molecule has 0 spiro atoms. The molecule has 1 aliphatic carbocycles. The highest BCUT2D eigenvalue weighted by Crippen LogP contribution is 2.21. The number of hydrogen-bond acceptors (Lipinski definition) is 5. The van der Waals surface area contributed by atoms with Crippen molar-refractivity contribution in [1.82, 2.24) is 10.7 Å². The second-order valence-corrected chi connectivity index (χ2v) is 5.80. The Hall–Kier alpha value is -2.42. The molecule has 0 unspecified atom stereocenters. The van der Waals surface area contributed by atoms with E-state index in [-0.39, 0.29) is 12.6 Å². The summed E-state index contributed by atoms with van der Waals surface area (Å²) in [5.74, 6) is -1.81. The monoisotopic (exact) mass is 382 g/mol. The van der Waals surface area contributed by atoms with Crippen molar-refractivity contribution < 1.29 is 19.1 Å². The van der Waals surface area contributed by atoms with Crippen molar-refractivity contribution >= 4 is 39.9 Å². The van der Waals surface area contributed by atoms with Crippen molar-refractivity contribution in [2.75, 3.05) is 6.61 Å². The summed E-state index contributed by atoms with van der Waals surface area (Å²) in [6.07, 6.45) is 3.09. The average Bonchev–Trinajstić information content (AvgIpc) is 3.30. The fourth-order valence-corrected chi connectivity index (χ4v) is 1.97. The van der Waals surface area contributed by atoms with Crippen LogP contribution >= 0.6 is 15.9 Å². The van der Waals surface area contributed by atoms with Crippen LogP contribution in [0.25, 0.3) is 0 Å². The maximum absolute atomic E-state index is 11.5. The molecule has 23 heavy (non-hydrogen) atoms. The summed E-state index contributed by atoms with van der Waals surface area (Å²) in [4.78, 5) is 33.8. The van der Waals surface area contributed by atoms with Crippen LogP contribution in [-0.4, -0.2) is 36.6 Å². The van der Waals surface area contributed by atoms with E-state index in [4.69, 9.17) is 10.5 Å². The Balaban J connectivity index is 1.96.